The largest absolute Gasteiger partial charge is 0.508 e. The number of fused-ring (bicyclic) bond motifs is 1. The lowest BCUT2D eigenvalue weighted by molar-refractivity contribution is -0.142. The third kappa shape index (κ3) is 11.7. The fourth-order valence-electron chi connectivity index (χ4n) is 6.24. The van der Waals surface area contributed by atoms with Crippen LogP contribution in [0.3, 0.4) is 0 Å². The van der Waals surface area contributed by atoms with E-state index in [2.05, 4.69) is 26.6 Å². The number of hydrogen-bond donors (Lipinski definition) is 7. The Kier molecular flexibility index (Phi) is 15.1. The first-order valence-electron chi connectivity index (χ1n) is 17.4. The lowest BCUT2D eigenvalue weighted by Crippen LogP contribution is -2.60. The number of benzene rings is 2. The van der Waals surface area contributed by atoms with Gasteiger partial charge in [-0.05, 0) is 80.3 Å². The first-order chi connectivity index (χ1) is 24.6. The molecule has 51 heavy (non-hydrogen) atoms. The van der Waals surface area contributed by atoms with Crippen LogP contribution in [0.1, 0.15) is 49.7 Å². The summed E-state index contributed by atoms with van der Waals surface area (Å²) in [5.41, 5.74) is 7.14. The van der Waals surface area contributed by atoms with Gasteiger partial charge in [0.25, 0.3) is 0 Å². The zero-order chi connectivity index (χ0) is 36.8. The number of carbonyl (C=O) groups excluding carboxylic acids is 6. The predicted octanol–water partition coefficient (Wildman–Crippen LogP) is 0.120. The van der Waals surface area contributed by atoms with Crippen molar-refractivity contribution in [2.24, 2.45) is 5.73 Å². The zero-order valence-corrected chi connectivity index (χ0v) is 29.7. The molecule has 5 atom stereocenters. The third-order valence-corrected chi connectivity index (χ3v) is 9.65. The topological polar surface area (TPSA) is 212 Å². The number of nitrogens with two attached hydrogens (primary N) is 1. The molecule has 14 nitrogen and oxygen atoms in total. The number of rotatable bonds is 11. The normalized spacial score (nSPS) is 24.0. The maximum absolute atomic E-state index is 14.1. The highest BCUT2D eigenvalue weighted by Crippen LogP contribution is 2.21. The molecule has 2 fully saturated rings. The van der Waals surface area contributed by atoms with Crippen LogP contribution in [0, 0.1) is 0 Å². The van der Waals surface area contributed by atoms with Crippen molar-refractivity contribution in [3.8, 4) is 5.75 Å². The molecule has 0 saturated carbocycles. The monoisotopic (exact) mass is 723 g/mol. The summed E-state index contributed by atoms with van der Waals surface area (Å²) in [6, 6.07) is 10.2. The fourth-order valence-corrected chi connectivity index (χ4v) is 6.72. The molecule has 2 aliphatic rings. The lowest BCUT2D eigenvalue weighted by Gasteiger charge is -2.31. The Hall–Kier alpha value is -4.63. The maximum atomic E-state index is 14.1. The van der Waals surface area contributed by atoms with Crippen LogP contribution >= 0.6 is 11.8 Å². The van der Waals surface area contributed by atoms with E-state index >= 15 is 0 Å². The van der Waals surface area contributed by atoms with Gasteiger partial charge in [0, 0.05) is 19.4 Å². The van der Waals surface area contributed by atoms with Crippen LogP contribution in [0.5, 0.6) is 5.75 Å². The van der Waals surface area contributed by atoms with E-state index in [1.54, 1.807) is 12.1 Å². The Morgan fingerprint density at radius 1 is 0.745 bits per heavy atom. The van der Waals surface area contributed by atoms with E-state index in [1.807, 2.05) is 36.6 Å². The highest BCUT2D eigenvalue weighted by molar-refractivity contribution is 7.98. The minimum absolute atomic E-state index is 0.0221. The molecule has 0 aromatic heterocycles. The molecular formula is C36H49N7O7S. The number of thioether (sulfide) groups is 1. The van der Waals surface area contributed by atoms with Crippen molar-refractivity contribution in [3.63, 3.8) is 0 Å². The molecule has 0 aliphatic carbocycles. The highest BCUT2D eigenvalue weighted by Gasteiger charge is 2.39. The molecule has 2 saturated heterocycles. The number of amides is 6. The fraction of sp³-hybridized carbons (Fsp3) is 0.500. The van der Waals surface area contributed by atoms with Crippen LogP contribution in [-0.2, 0) is 41.6 Å². The molecule has 8 N–H and O–H groups in total. The molecule has 6 amide bonds. The van der Waals surface area contributed by atoms with Gasteiger partial charge in [0.2, 0.25) is 35.4 Å². The quantitative estimate of drug-likeness (QED) is 0.157. The van der Waals surface area contributed by atoms with Gasteiger partial charge in [-0.3, -0.25) is 28.8 Å². The minimum Gasteiger partial charge on any atom is -0.508 e. The first kappa shape index (κ1) is 39.2. The number of phenolic OH excluding ortho intramolecular Hbond substituents is 1. The van der Waals surface area contributed by atoms with Gasteiger partial charge in [-0.25, -0.2) is 0 Å². The number of carbonyl (C=O) groups is 6. The molecule has 276 valence electrons. The van der Waals surface area contributed by atoms with Gasteiger partial charge in [-0.2, -0.15) is 11.8 Å². The van der Waals surface area contributed by atoms with E-state index < -0.39 is 72.2 Å². The Balaban J connectivity index is 1.68. The summed E-state index contributed by atoms with van der Waals surface area (Å²) in [7, 11) is 0. The van der Waals surface area contributed by atoms with Gasteiger partial charge in [-0.1, -0.05) is 42.5 Å². The van der Waals surface area contributed by atoms with Crippen molar-refractivity contribution in [1.29, 1.82) is 0 Å². The minimum atomic E-state index is -1.16. The van der Waals surface area contributed by atoms with Crippen molar-refractivity contribution < 1.29 is 33.9 Å². The zero-order valence-electron chi connectivity index (χ0n) is 28.9. The van der Waals surface area contributed by atoms with E-state index in [1.165, 1.54) is 28.8 Å². The maximum Gasteiger partial charge on any atom is 0.246 e. The number of nitrogens with zero attached hydrogens (tertiary/aromatic N) is 1. The predicted molar refractivity (Wildman–Crippen MR) is 193 cm³/mol. The van der Waals surface area contributed by atoms with Crippen molar-refractivity contribution in [2.45, 2.75) is 81.6 Å². The summed E-state index contributed by atoms with van der Waals surface area (Å²) in [6.45, 7) is 0.211. The average molecular weight is 724 g/mol. The van der Waals surface area contributed by atoms with E-state index in [0.717, 1.165) is 5.56 Å². The summed E-state index contributed by atoms with van der Waals surface area (Å²) in [5, 5.41) is 23.5. The van der Waals surface area contributed by atoms with Gasteiger partial charge in [0.05, 0.1) is 6.54 Å². The SMILES string of the molecule is CSCC[C@H]1NC(=O)[C@H](Cc2ccc(O)cc2)NC(=O)[C@H](CCCCN)NC(=O)[C@@H]2CCCN2C(=O)[C@H](Cc2ccccc2)NC(=O)CNC1=O. The van der Waals surface area contributed by atoms with Crippen LogP contribution in [0.15, 0.2) is 54.6 Å². The van der Waals surface area contributed by atoms with E-state index in [9.17, 15) is 33.9 Å². The van der Waals surface area contributed by atoms with Crippen molar-refractivity contribution in [2.75, 3.05) is 31.6 Å². The van der Waals surface area contributed by atoms with Gasteiger partial charge in [-0.15, -0.1) is 0 Å². The first-order valence-corrected chi connectivity index (χ1v) is 18.8. The Morgan fingerprint density at radius 2 is 1.37 bits per heavy atom. The molecule has 2 aromatic rings. The van der Waals surface area contributed by atoms with Crippen molar-refractivity contribution in [3.05, 3.63) is 65.7 Å². The van der Waals surface area contributed by atoms with Gasteiger partial charge in [0.1, 0.15) is 36.0 Å². The van der Waals surface area contributed by atoms with Gasteiger partial charge in [0.15, 0.2) is 0 Å². The van der Waals surface area contributed by atoms with Gasteiger partial charge < -0.3 is 42.3 Å². The Labute approximate surface area is 302 Å². The van der Waals surface area contributed by atoms with E-state index in [-0.39, 0.29) is 38.0 Å². The number of unbranched alkanes of at least 4 members (excludes halogenated alkanes) is 1. The standard InChI is InChI=1S/C36H49N7O7S/c1-51-19-16-27-32(46)38-22-31(45)39-29(21-23-8-3-2-4-9-23)36(50)43-18-7-11-30(43)35(49)41-26(10-5-6-17-37)33(47)42-28(34(48)40-27)20-24-12-14-25(44)15-13-24/h2-4,8-9,12-15,26-30,44H,5-7,10-11,16-22,37H2,1H3,(H,38,46)(H,39,45)(H,40,48)(H,41,49)(H,42,47)/t26-,27+,28-,29-,30-/m0/s1. The summed E-state index contributed by atoms with van der Waals surface area (Å²) >= 11 is 1.47. The highest BCUT2D eigenvalue weighted by atomic mass is 32.2. The molecule has 0 unspecified atom stereocenters. The molecule has 2 heterocycles. The second kappa shape index (κ2) is 19.7. The van der Waals surface area contributed by atoms with E-state index in [0.29, 0.717) is 43.5 Å². The Bertz CT molecular complexity index is 1510. The molecular weight excluding hydrogens is 675 g/mol. The molecule has 2 aromatic carbocycles. The molecule has 4 rings (SSSR count). The smallest absolute Gasteiger partial charge is 0.246 e. The number of phenols is 1. The molecule has 0 radical (unpaired) electrons. The molecule has 0 bridgehead atoms. The molecule has 2 aliphatic heterocycles. The van der Waals surface area contributed by atoms with Gasteiger partial charge >= 0.3 is 0 Å². The summed E-state index contributed by atoms with van der Waals surface area (Å²) < 4.78 is 0. The second-order valence-electron chi connectivity index (χ2n) is 12.8. The number of aromatic hydroxyl groups is 1. The van der Waals surface area contributed by atoms with Crippen LogP contribution in [0.2, 0.25) is 0 Å². The summed E-state index contributed by atoms with van der Waals surface area (Å²) in [6.07, 6.45) is 4.52. The van der Waals surface area contributed by atoms with Crippen molar-refractivity contribution in [1.82, 2.24) is 31.5 Å². The number of nitrogens with one attached hydrogen (secondary N) is 5. The van der Waals surface area contributed by atoms with Crippen LogP contribution in [0.4, 0.5) is 0 Å². The van der Waals surface area contributed by atoms with Crippen LogP contribution < -0.4 is 32.3 Å². The van der Waals surface area contributed by atoms with Crippen LogP contribution in [-0.4, -0.2) is 107 Å². The lowest BCUT2D eigenvalue weighted by atomic mass is 10.0. The van der Waals surface area contributed by atoms with Crippen molar-refractivity contribution >= 4 is 47.2 Å². The van der Waals surface area contributed by atoms with Crippen LogP contribution in [0.25, 0.3) is 0 Å². The van der Waals surface area contributed by atoms with E-state index in [4.69, 9.17) is 5.73 Å². The molecule has 0 spiro atoms. The second-order valence-corrected chi connectivity index (χ2v) is 13.8. The third-order valence-electron chi connectivity index (χ3n) is 9.01. The number of hydrogen-bond acceptors (Lipinski definition) is 9. The molecule has 15 heteroatoms. The average Bonchev–Trinajstić information content (AvgIpc) is 3.62. The summed E-state index contributed by atoms with van der Waals surface area (Å²) in [4.78, 5) is 83.8. The Morgan fingerprint density at radius 3 is 2.08 bits per heavy atom. The summed E-state index contributed by atoms with van der Waals surface area (Å²) in [5.74, 6) is -2.85.